The smallest absolute Gasteiger partial charge is 0.243 e. The Hall–Kier alpha value is -0.570. The normalized spacial score (nSPS) is 13.6. The largest absolute Gasteiger partial charge is 0.320 e. The number of rotatable bonds is 10. The number of nitrogens with zero attached hydrogens (tertiary/aromatic N) is 2. The Morgan fingerprint density at radius 2 is 2.25 bits per heavy atom. The average Bonchev–Trinajstić information content (AvgIpc) is 2.87. The second-order valence-electron chi connectivity index (χ2n) is 4.81. The monoisotopic (exact) mass is 320 g/mol. The number of hydrogen-bond donors (Lipinski definition) is 2. The molecule has 2 N–H and O–H groups in total. The van der Waals surface area contributed by atoms with E-state index < -0.39 is 10.0 Å². The van der Waals surface area contributed by atoms with Crippen LogP contribution in [0.15, 0.2) is 17.3 Å². The molecule has 0 spiro atoms. The molecule has 1 heterocycles. The van der Waals surface area contributed by atoms with Crippen LogP contribution in [-0.2, 0) is 16.6 Å². The molecule has 1 rings (SSSR count). The van der Waals surface area contributed by atoms with Gasteiger partial charge < -0.3 is 5.32 Å². The van der Waals surface area contributed by atoms with Gasteiger partial charge in [0.25, 0.3) is 0 Å². The maximum absolute atomic E-state index is 12.1. The number of sulfonamides is 1. The first-order chi connectivity index (χ1) is 9.49. The minimum Gasteiger partial charge on any atom is -0.320 e. The van der Waals surface area contributed by atoms with Crippen LogP contribution in [0.25, 0.3) is 0 Å². The maximum atomic E-state index is 12.1. The summed E-state index contributed by atoms with van der Waals surface area (Å²) in [5.41, 5.74) is 0. The van der Waals surface area contributed by atoms with Gasteiger partial charge in [-0.1, -0.05) is 6.92 Å². The molecule has 0 aliphatic carbocycles. The predicted molar refractivity (Wildman–Crippen MR) is 83.5 cm³/mol. The molecule has 0 fully saturated rings. The summed E-state index contributed by atoms with van der Waals surface area (Å²) in [5, 5.41) is 7.13. The maximum Gasteiger partial charge on any atom is 0.243 e. The molecule has 0 aromatic carbocycles. The molecule has 8 heteroatoms. The molecule has 0 bridgehead atoms. The Morgan fingerprint density at radius 1 is 1.50 bits per heavy atom. The van der Waals surface area contributed by atoms with E-state index in [1.807, 2.05) is 20.2 Å². The van der Waals surface area contributed by atoms with Crippen molar-refractivity contribution in [2.45, 2.75) is 24.8 Å². The van der Waals surface area contributed by atoms with Crippen LogP contribution in [0.5, 0.6) is 0 Å². The highest BCUT2D eigenvalue weighted by Crippen LogP contribution is 2.09. The summed E-state index contributed by atoms with van der Waals surface area (Å²) in [6.45, 7) is 4.07. The molecule has 0 saturated carbocycles. The fourth-order valence-electron chi connectivity index (χ4n) is 1.70. The molecule has 116 valence electrons. The summed E-state index contributed by atoms with van der Waals surface area (Å²) in [5.74, 6) is 1.25. The molecule has 1 aromatic heterocycles. The molecular weight excluding hydrogens is 296 g/mol. The molecule has 20 heavy (non-hydrogen) atoms. The van der Waals surface area contributed by atoms with Gasteiger partial charge in [-0.15, -0.1) is 0 Å². The minimum atomic E-state index is -3.44. The minimum absolute atomic E-state index is 0.235. The van der Waals surface area contributed by atoms with Crippen LogP contribution >= 0.6 is 11.8 Å². The van der Waals surface area contributed by atoms with Crippen molar-refractivity contribution in [3.8, 4) is 0 Å². The second-order valence-corrected chi connectivity index (χ2v) is 7.49. The van der Waals surface area contributed by atoms with Gasteiger partial charge in [-0.25, -0.2) is 13.1 Å². The Balaban J connectivity index is 2.54. The lowest BCUT2D eigenvalue weighted by Crippen LogP contribution is -2.29. The van der Waals surface area contributed by atoms with Gasteiger partial charge in [0, 0.05) is 19.3 Å². The number of nitrogens with one attached hydrogen (secondary N) is 2. The zero-order valence-corrected chi connectivity index (χ0v) is 13.9. The van der Waals surface area contributed by atoms with Gasteiger partial charge in [0.1, 0.15) is 4.90 Å². The topological polar surface area (TPSA) is 76.0 Å². The zero-order valence-electron chi connectivity index (χ0n) is 12.3. The van der Waals surface area contributed by atoms with Crippen molar-refractivity contribution in [2.75, 3.05) is 32.1 Å². The van der Waals surface area contributed by atoms with E-state index in [2.05, 4.69) is 15.1 Å². The third-order valence-electron chi connectivity index (χ3n) is 2.81. The molecule has 0 aliphatic heterocycles. The van der Waals surface area contributed by atoms with Crippen molar-refractivity contribution < 1.29 is 8.42 Å². The van der Waals surface area contributed by atoms with Crippen molar-refractivity contribution in [3.63, 3.8) is 0 Å². The molecule has 0 amide bonds. The molecule has 0 radical (unpaired) electrons. The van der Waals surface area contributed by atoms with E-state index in [1.54, 1.807) is 22.6 Å². The molecule has 0 saturated heterocycles. The number of aromatic nitrogens is 2. The van der Waals surface area contributed by atoms with Gasteiger partial charge >= 0.3 is 0 Å². The van der Waals surface area contributed by atoms with E-state index in [4.69, 9.17) is 0 Å². The van der Waals surface area contributed by atoms with Crippen LogP contribution in [0.4, 0.5) is 0 Å². The van der Waals surface area contributed by atoms with Crippen LogP contribution in [0.1, 0.15) is 13.3 Å². The molecule has 6 nitrogen and oxygen atoms in total. The van der Waals surface area contributed by atoms with Crippen molar-refractivity contribution >= 4 is 21.8 Å². The third kappa shape index (κ3) is 5.82. The standard InChI is InChI=1S/C12H24N4O2S2/c1-11(10-19-3)7-15-20(17,18)12-8-14-16(9-12)6-4-5-13-2/h8-9,11,13,15H,4-7,10H2,1-3H3. The van der Waals surface area contributed by atoms with Gasteiger partial charge in [-0.05, 0) is 37.9 Å². The molecule has 1 atom stereocenters. The summed E-state index contributed by atoms with van der Waals surface area (Å²) in [6.07, 6.45) is 5.91. The quantitative estimate of drug-likeness (QED) is 0.623. The highest BCUT2D eigenvalue weighted by Gasteiger charge is 2.17. The summed E-state index contributed by atoms with van der Waals surface area (Å²) in [6, 6.07) is 0. The highest BCUT2D eigenvalue weighted by atomic mass is 32.2. The van der Waals surface area contributed by atoms with E-state index in [-0.39, 0.29) is 4.90 Å². The third-order valence-corrected chi connectivity index (χ3v) is 5.09. The van der Waals surface area contributed by atoms with Gasteiger partial charge in [0.15, 0.2) is 0 Å². The first-order valence-electron chi connectivity index (χ1n) is 6.65. The van der Waals surface area contributed by atoms with E-state index in [1.165, 1.54) is 6.20 Å². The summed E-state index contributed by atoms with van der Waals surface area (Å²) in [7, 11) is -1.55. The van der Waals surface area contributed by atoms with Crippen LogP contribution < -0.4 is 10.0 Å². The first-order valence-corrected chi connectivity index (χ1v) is 9.53. The van der Waals surface area contributed by atoms with E-state index >= 15 is 0 Å². The van der Waals surface area contributed by atoms with Crippen molar-refractivity contribution in [3.05, 3.63) is 12.4 Å². The number of hydrogen-bond acceptors (Lipinski definition) is 5. The van der Waals surface area contributed by atoms with Gasteiger partial charge in [0.2, 0.25) is 10.0 Å². The average molecular weight is 320 g/mol. The molecular formula is C12H24N4O2S2. The summed E-state index contributed by atoms with van der Waals surface area (Å²) in [4.78, 5) is 0.235. The number of thioether (sulfide) groups is 1. The molecule has 1 aromatic rings. The lowest BCUT2D eigenvalue weighted by molar-refractivity contribution is 0.556. The Labute approximate surface area is 125 Å². The van der Waals surface area contributed by atoms with Crippen molar-refractivity contribution in [1.29, 1.82) is 0 Å². The van der Waals surface area contributed by atoms with Gasteiger partial charge in [-0.2, -0.15) is 16.9 Å². The predicted octanol–water partition coefficient (Wildman–Crippen LogP) is 0.770. The SMILES string of the molecule is CNCCCn1cc(S(=O)(=O)NCC(C)CSC)cn1. The van der Waals surface area contributed by atoms with E-state index in [9.17, 15) is 8.42 Å². The Kier molecular flexibility index (Phi) is 7.57. The lowest BCUT2D eigenvalue weighted by atomic mass is 10.2. The Bertz CT molecular complexity index is 487. The summed E-state index contributed by atoms with van der Waals surface area (Å²) >= 11 is 1.71. The second kappa shape index (κ2) is 8.66. The fourth-order valence-corrected chi connectivity index (χ4v) is 3.51. The van der Waals surface area contributed by atoms with Crippen LogP contribution in [-0.4, -0.2) is 50.3 Å². The van der Waals surface area contributed by atoms with Crippen LogP contribution in [0.2, 0.25) is 0 Å². The Morgan fingerprint density at radius 3 is 2.90 bits per heavy atom. The van der Waals surface area contributed by atoms with Gasteiger partial charge in [0.05, 0.1) is 6.20 Å². The summed E-state index contributed by atoms with van der Waals surface area (Å²) < 4.78 is 28.5. The fraction of sp³-hybridized carbons (Fsp3) is 0.750. The van der Waals surface area contributed by atoms with Crippen molar-refractivity contribution in [2.24, 2.45) is 5.92 Å². The van der Waals surface area contributed by atoms with Crippen LogP contribution in [0, 0.1) is 5.92 Å². The van der Waals surface area contributed by atoms with Crippen LogP contribution in [0.3, 0.4) is 0 Å². The number of aryl methyl sites for hydroxylation is 1. The highest BCUT2D eigenvalue weighted by molar-refractivity contribution is 7.98. The van der Waals surface area contributed by atoms with Crippen molar-refractivity contribution in [1.82, 2.24) is 19.8 Å². The van der Waals surface area contributed by atoms with Gasteiger partial charge in [-0.3, -0.25) is 4.68 Å². The first kappa shape index (κ1) is 17.5. The molecule has 1 unspecified atom stereocenters. The van der Waals surface area contributed by atoms with E-state index in [0.717, 1.165) is 18.7 Å². The van der Waals surface area contributed by atoms with E-state index in [0.29, 0.717) is 19.0 Å². The zero-order chi connectivity index (χ0) is 15.0. The molecule has 0 aliphatic rings. The lowest BCUT2D eigenvalue weighted by Gasteiger charge is -2.10.